The number of ether oxygens (including phenoxy) is 2. The molecule has 0 aromatic carbocycles. The van der Waals surface area contributed by atoms with E-state index in [9.17, 15) is 29.4 Å². The lowest BCUT2D eigenvalue weighted by Crippen LogP contribution is -2.63. The molecule has 0 aromatic heterocycles. The van der Waals surface area contributed by atoms with Crippen molar-refractivity contribution in [3.63, 3.8) is 0 Å². The fourth-order valence-electron chi connectivity index (χ4n) is 5.14. The van der Waals surface area contributed by atoms with E-state index < -0.39 is 36.2 Å². The van der Waals surface area contributed by atoms with Crippen LogP contribution in [-0.4, -0.2) is 93.8 Å². The van der Waals surface area contributed by atoms with Crippen molar-refractivity contribution in [2.24, 2.45) is 11.8 Å². The Hall–Kier alpha value is -3.25. The number of carbonyl (C=O) groups is 4. The van der Waals surface area contributed by atoms with Crippen LogP contribution in [0.2, 0.25) is 0 Å². The van der Waals surface area contributed by atoms with Crippen LogP contribution in [0.25, 0.3) is 0 Å². The number of carbonyl (C=O) groups excluding carboxylic acids is 3. The van der Waals surface area contributed by atoms with E-state index in [2.05, 4.69) is 18.5 Å². The number of amides is 3. The van der Waals surface area contributed by atoms with Crippen molar-refractivity contribution in [1.82, 2.24) is 15.1 Å². The Morgan fingerprint density at radius 3 is 2.50 bits per heavy atom. The molecule has 2 fully saturated rings. The van der Waals surface area contributed by atoms with Crippen molar-refractivity contribution in [2.75, 3.05) is 26.3 Å². The summed E-state index contributed by atoms with van der Waals surface area (Å²) in [5.41, 5.74) is 0.750. The number of likely N-dealkylation sites (tertiary alicyclic amines) is 1. The van der Waals surface area contributed by atoms with Gasteiger partial charge in [-0.05, 0) is 20.3 Å². The lowest BCUT2D eigenvalue weighted by Gasteiger charge is -2.46. The number of alkyl carbamates (subject to hydrolysis) is 1. The fraction of sp³-hybridized carbons (Fsp3) is 0.538. The number of β-lactam (4-membered cyclic amide) rings is 1. The molecule has 0 spiro atoms. The highest BCUT2D eigenvalue weighted by atomic mass is 32.2. The molecular weight excluding hydrogens is 514 g/mol. The van der Waals surface area contributed by atoms with Gasteiger partial charge in [0.15, 0.2) is 0 Å². The van der Waals surface area contributed by atoms with Gasteiger partial charge >= 0.3 is 18.2 Å². The average molecular weight is 550 g/mol. The maximum absolute atomic E-state index is 12.8. The predicted molar refractivity (Wildman–Crippen MR) is 141 cm³/mol. The summed E-state index contributed by atoms with van der Waals surface area (Å²) < 4.78 is 10.2. The largest absolute Gasteiger partial charge is 0.477 e. The third-order valence-corrected chi connectivity index (χ3v) is 8.28. The number of aliphatic carboxylic acids is 1. The van der Waals surface area contributed by atoms with Crippen molar-refractivity contribution in [3.8, 4) is 0 Å². The second kappa shape index (κ2) is 12.5. The van der Waals surface area contributed by atoms with Gasteiger partial charge in [-0.15, -0.1) is 11.8 Å². The Morgan fingerprint density at radius 2 is 1.89 bits per heavy atom. The standard InChI is InChI=1S/C26H35N3O8S/c1-6-8-36-25(34)27-12-14(3)10-17-11-18(13-28(17)26(35)37-9-7-2)38-22-15(4)20-19(16(5)30)23(31)29(20)21(22)24(32)33/h6-7,10,15-20,30H,1-2,8-9,11-13H2,3-5H3,(H,27,34)(H,32,33)/b14-10+/t15-,16-,17-,18+,19-,20-/m1/s1. The molecule has 2 saturated heterocycles. The van der Waals surface area contributed by atoms with Gasteiger partial charge in [0.25, 0.3) is 0 Å². The van der Waals surface area contributed by atoms with Gasteiger partial charge < -0.3 is 34.8 Å². The van der Waals surface area contributed by atoms with E-state index >= 15 is 0 Å². The first kappa shape index (κ1) is 29.3. The molecule has 3 N–H and O–H groups in total. The molecule has 3 aliphatic rings. The van der Waals surface area contributed by atoms with Crippen LogP contribution in [0.4, 0.5) is 9.59 Å². The minimum atomic E-state index is -1.19. The molecule has 3 heterocycles. The molecule has 38 heavy (non-hydrogen) atoms. The fourth-order valence-corrected chi connectivity index (χ4v) is 6.67. The topological polar surface area (TPSA) is 146 Å². The molecule has 0 radical (unpaired) electrons. The Bertz CT molecular complexity index is 1060. The third kappa shape index (κ3) is 6.07. The van der Waals surface area contributed by atoms with Gasteiger partial charge in [0.05, 0.1) is 24.1 Å². The minimum Gasteiger partial charge on any atom is -0.477 e. The van der Waals surface area contributed by atoms with E-state index in [1.165, 1.54) is 35.7 Å². The number of hydrogen-bond donors (Lipinski definition) is 3. The quantitative estimate of drug-likeness (QED) is 0.261. The SMILES string of the molecule is C=CCOC(=O)NC/C(C)=C/[C@@H]1C[C@H](SC2=C(C(=O)O)N3C(=O)[C@H]([C@@H](C)O)[C@H]3[C@H]2C)CN1C(=O)OCC=C. The molecule has 6 atom stereocenters. The molecule has 12 heteroatoms. The number of thioether (sulfide) groups is 1. The number of carboxylic acid groups (broad SMARTS) is 1. The van der Waals surface area contributed by atoms with Crippen LogP contribution >= 0.6 is 11.8 Å². The van der Waals surface area contributed by atoms with Gasteiger partial charge in [-0.3, -0.25) is 4.79 Å². The number of rotatable bonds is 11. The lowest BCUT2D eigenvalue weighted by atomic mass is 9.79. The van der Waals surface area contributed by atoms with Crippen LogP contribution in [0.1, 0.15) is 27.2 Å². The van der Waals surface area contributed by atoms with E-state index in [0.29, 0.717) is 17.9 Å². The zero-order valence-corrected chi connectivity index (χ0v) is 22.6. The summed E-state index contributed by atoms with van der Waals surface area (Å²) in [4.78, 5) is 52.8. The summed E-state index contributed by atoms with van der Waals surface area (Å²) in [5.74, 6) is -2.50. The number of nitrogens with zero attached hydrogens (tertiary/aromatic N) is 2. The van der Waals surface area contributed by atoms with Crippen molar-refractivity contribution < 1.29 is 38.9 Å². The van der Waals surface area contributed by atoms with Crippen LogP contribution in [-0.2, 0) is 19.1 Å². The smallest absolute Gasteiger partial charge is 0.410 e. The molecule has 0 bridgehead atoms. The molecule has 3 rings (SSSR count). The number of aliphatic hydroxyl groups excluding tert-OH is 1. The average Bonchev–Trinajstić information content (AvgIpc) is 3.36. The highest BCUT2D eigenvalue weighted by molar-refractivity contribution is 8.03. The number of aliphatic hydroxyl groups is 1. The molecule has 0 unspecified atom stereocenters. The monoisotopic (exact) mass is 549 g/mol. The first-order chi connectivity index (χ1) is 18.0. The first-order valence-corrected chi connectivity index (χ1v) is 13.3. The highest BCUT2D eigenvalue weighted by Crippen LogP contribution is 2.52. The van der Waals surface area contributed by atoms with Crippen LogP contribution in [0.15, 0.2) is 47.6 Å². The number of hydrogen-bond acceptors (Lipinski definition) is 8. The highest BCUT2D eigenvalue weighted by Gasteiger charge is 2.60. The maximum Gasteiger partial charge on any atom is 0.410 e. The first-order valence-electron chi connectivity index (χ1n) is 12.4. The molecule has 0 aromatic rings. The lowest BCUT2D eigenvalue weighted by molar-refractivity contribution is -0.163. The molecule has 11 nitrogen and oxygen atoms in total. The third-order valence-electron chi connectivity index (χ3n) is 6.79. The Morgan fingerprint density at radius 1 is 1.24 bits per heavy atom. The van der Waals surface area contributed by atoms with Gasteiger partial charge in [0.1, 0.15) is 18.9 Å². The van der Waals surface area contributed by atoms with Crippen molar-refractivity contribution in [1.29, 1.82) is 0 Å². The van der Waals surface area contributed by atoms with Crippen molar-refractivity contribution in [2.45, 2.75) is 50.6 Å². The summed E-state index contributed by atoms with van der Waals surface area (Å²) in [6.07, 6.45) is 3.32. The van der Waals surface area contributed by atoms with Crippen LogP contribution in [0.5, 0.6) is 0 Å². The van der Waals surface area contributed by atoms with Crippen LogP contribution in [0.3, 0.4) is 0 Å². The Labute approximate surface area is 226 Å². The van der Waals surface area contributed by atoms with E-state index in [0.717, 1.165) is 5.57 Å². The summed E-state index contributed by atoms with van der Waals surface area (Å²) >= 11 is 1.35. The van der Waals surface area contributed by atoms with Gasteiger partial charge in [0.2, 0.25) is 5.91 Å². The Balaban J connectivity index is 1.78. The predicted octanol–water partition coefficient (Wildman–Crippen LogP) is 2.50. The number of fused-ring (bicyclic) bond motifs is 1. The molecule has 0 saturated carbocycles. The van der Waals surface area contributed by atoms with Gasteiger partial charge in [-0.1, -0.05) is 43.9 Å². The second-order valence-electron chi connectivity index (χ2n) is 9.59. The van der Waals surface area contributed by atoms with E-state index in [1.807, 2.05) is 19.9 Å². The maximum atomic E-state index is 12.8. The molecule has 3 amide bonds. The van der Waals surface area contributed by atoms with Crippen LogP contribution in [0, 0.1) is 11.8 Å². The summed E-state index contributed by atoms with van der Waals surface area (Å²) in [5, 5.41) is 22.5. The van der Waals surface area contributed by atoms with Crippen molar-refractivity contribution in [3.05, 3.63) is 47.6 Å². The number of nitrogens with one attached hydrogen (secondary N) is 1. The summed E-state index contributed by atoms with van der Waals surface area (Å²) in [7, 11) is 0. The van der Waals surface area contributed by atoms with E-state index in [-0.39, 0.29) is 48.6 Å². The molecule has 3 aliphatic heterocycles. The van der Waals surface area contributed by atoms with E-state index in [4.69, 9.17) is 9.47 Å². The van der Waals surface area contributed by atoms with Gasteiger partial charge in [-0.25, -0.2) is 14.4 Å². The van der Waals surface area contributed by atoms with Gasteiger partial charge in [0, 0.05) is 29.2 Å². The molecule has 208 valence electrons. The van der Waals surface area contributed by atoms with Gasteiger partial charge in [-0.2, -0.15) is 0 Å². The molecular formula is C26H35N3O8S. The minimum absolute atomic E-state index is 0.0457. The van der Waals surface area contributed by atoms with Crippen molar-refractivity contribution >= 4 is 35.8 Å². The Kier molecular flexibility index (Phi) is 9.66. The zero-order chi connectivity index (χ0) is 28.1. The van der Waals surface area contributed by atoms with Crippen LogP contribution < -0.4 is 5.32 Å². The molecule has 0 aliphatic carbocycles. The normalized spacial score (nSPS) is 27.4. The summed E-state index contributed by atoms with van der Waals surface area (Å²) in [6.45, 7) is 12.9. The second-order valence-corrected chi connectivity index (χ2v) is 10.9. The zero-order valence-electron chi connectivity index (χ0n) is 21.8. The van der Waals surface area contributed by atoms with E-state index in [1.54, 1.807) is 4.90 Å². The number of carboxylic acids is 1. The summed E-state index contributed by atoms with van der Waals surface area (Å²) in [6, 6.07) is -0.763.